The van der Waals surface area contributed by atoms with Gasteiger partial charge in [0.25, 0.3) is 5.91 Å². The number of ether oxygens (including phenoxy) is 1. The molecule has 6 nitrogen and oxygen atoms in total. The van der Waals surface area contributed by atoms with Crippen LogP contribution in [0, 0.1) is 0 Å². The van der Waals surface area contributed by atoms with Crippen molar-refractivity contribution in [3.05, 3.63) is 71.8 Å². The van der Waals surface area contributed by atoms with Crippen molar-refractivity contribution in [2.45, 2.75) is 0 Å². The number of nitrogens with zero attached hydrogens (tertiary/aromatic N) is 3. The molecule has 2 amide bonds. The Hall–Kier alpha value is -2.96. The first kappa shape index (κ1) is 21.3. The Morgan fingerprint density at radius 3 is 2.03 bits per heavy atom. The highest BCUT2D eigenvalue weighted by atomic mass is 16.5. The van der Waals surface area contributed by atoms with Gasteiger partial charge in [-0.2, -0.15) is 0 Å². The van der Waals surface area contributed by atoms with Crippen LogP contribution in [0.2, 0.25) is 0 Å². The number of carbonyl (C=O) groups excluding carboxylic acids is 2. The van der Waals surface area contributed by atoms with Gasteiger partial charge in [-0.25, -0.2) is 0 Å². The van der Waals surface area contributed by atoms with E-state index in [0.717, 1.165) is 11.1 Å². The van der Waals surface area contributed by atoms with Gasteiger partial charge < -0.3 is 14.5 Å². The van der Waals surface area contributed by atoms with Crippen LogP contribution in [0.1, 0.15) is 11.1 Å². The zero-order valence-corrected chi connectivity index (χ0v) is 17.8. The molecular weight excluding hydrogens is 390 g/mol. The van der Waals surface area contributed by atoms with Crippen LogP contribution in [0.25, 0.3) is 11.6 Å². The minimum absolute atomic E-state index is 0.0363. The van der Waals surface area contributed by atoms with Crippen LogP contribution >= 0.6 is 0 Å². The van der Waals surface area contributed by atoms with E-state index in [1.165, 1.54) is 0 Å². The summed E-state index contributed by atoms with van der Waals surface area (Å²) in [5.41, 5.74) is 2.62. The Kier molecular flexibility index (Phi) is 7.12. The van der Waals surface area contributed by atoms with Gasteiger partial charge in [0.05, 0.1) is 19.8 Å². The molecule has 2 heterocycles. The van der Waals surface area contributed by atoms with Gasteiger partial charge in [-0.15, -0.1) is 0 Å². The van der Waals surface area contributed by atoms with Gasteiger partial charge in [-0.3, -0.25) is 14.5 Å². The Bertz CT molecular complexity index is 900. The van der Waals surface area contributed by atoms with Crippen LogP contribution in [0.5, 0.6) is 0 Å². The first-order valence-corrected chi connectivity index (χ1v) is 10.9. The lowest BCUT2D eigenvalue weighted by molar-refractivity contribution is -0.137. The predicted octanol–water partition coefficient (Wildman–Crippen LogP) is 2.23. The second-order valence-electron chi connectivity index (χ2n) is 7.90. The molecular formula is C25H29N3O3. The molecule has 6 heteroatoms. The molecule has 0 aliphatic carbocycles. The summed E-state index contributed by atoms with van der Waals surface area (Å²) in [5.74, 6) is 0.186. The van der Waals surface area contributed by atoms with Gasteiger partial charge in [0, 0.05) is 44.8 Å². The van der Waals surface area contributed by atoms with E-state index in [0.29, 0.717) is 64.6 Å². The Labute approximate surface area is 183 Å². The summed E-state index contributed by atoms with van der Waals surface area (Å²) in [6, 6.07) is 19.8. The molecule has 0 radical (unpaired) electrons. The molecule has 0 N–H and O–H groups in total. The Balaban J connectivity index is 1.41. The summed E-state index contributed by atoms with van der Waals surface area (Å²) in [4.78, 5) is 31.9. The van der Waals surface area contributed by atoms with E-state index in [2.05, 4.69) is 4.90 Å². The summed E-state index contributed by atoms with van der Waals surface area (Å²) in [6.07, 6.45) is 1.96. The molecule has 2 saturated heterocycles. The first-order chi connectivity index (χ1) is 15.2. The van der Waals surface area contributed by atoms with Gasteiger partial charge >= 0.3 is 0 Å². The van der Waals surface area contributed by atoms with E-state index in [4.69, 9.17) is 4.74 Å². The van der Waals surface area contributed by atoms with Crippen LogP contribution in [0.15, 0.2) is 60.7 Å². The number of amides is 2. The quantitative estimate of drug-likeness (QED) is 0.551. The van der Waals surface area contributed by atoms with E-state index in [1.807, 2.05) is 76.5 Å². The average molecular weight is 420 g/mol. The zero-order valence-electron chi connectivity index (χ0n) is 17.8. The molecule has 4 rings (SSSR count). The van der Waals surface area contributed by atoms with Crippen molar-refractivity contribution < 1.29 is 14.3 Å². The molecule has 162 valence electrons. The monoisotopic (exact) mass is 419 g/mol. The highest BCUT2D eigenvalue weighted by Crippen LogP contribution is 2.22. The normalized spacial score (nSPS) is 18.1. The van der Waals surface area contributed by atoms with Crippen molar-refractivity contribution in [3.8, 4) is 0 Å². The number of benzene rings is 2. The van der Waals surface area contributed by atoms with E-state index >= 15 is 0 Å². The second-order valence-corrected chi connectivity index (χ2v) is 7.90. The fourth-order valence-electron chi connectivity index (χ4n) is 3.99. The van der Waals surface area contributed by atoms with Crippen molar-refractivity contribution in [1.82, 2.24) is 14.7 Å². The minimum atomic E-state index is 0.0363. The summed E-state index contributed by atoms with van der Waals surface area (Å²) in [6.45, 7) is 5.62. The first-order valence-electron chi connectivity index (χ1n) is 10.9. The molecule has 0 bridgehead atoms. The number of hydrogen-bond donors (Lipinski definition) is 0. The lowest BCUT2D eigenvalue weighted by Gasteiger charge is -2.36. The SMILES string of the molecule is O=C(CN1CCN(C(=O)C(=Cc2ccccc2)c2ccccc2)CC1)N1CCOCC1. The topological polar surface area (TPSA) is 53.1 Å². The fraction of sp³-hybridized carbons (Fsp3) is 0.360. The van der Waals surface area contributed by atoms with Crippen LogP contribution in [-0.4, -0.2) is 85.5 Å². The smallest absolute Gasteiger partial charge is 0.254 e. The lowest BCUT2D eigenvalue weighted by atomic mass is 10.0. The molecule has 2 aliphatic rings. The second kappa shape index (κ2) is 10.4. The number of hydrogen-bond acceptors (Lipinski definition) is 4. The van der Waals surface area contributed by atoms with Gasteiger partial charge in [-0.05, 0) is 17.2 Å². The van der Waals surface area contributed by atoms with Crippen molar-refractivity contribution >= 4 is 23.5 Å². The number of morpholine rings is 1. The number of rotatable bonds is 5. The van der Waals surface area contributed by atoms with Crippen LogP contribution in [0.3, 0.4) is 0 Å². The molecule has 0 aromatic heterocycles. The van der Waals surface area contributed by atoms with Crippen LogP contribution < -0.4 is 0 Å². The van der Waals surface area contributed by atoms with Gasteiger partial charge in [0.1, 0.15) is 0 Å². The summed E-state index contributed by atoms with van der Waals surface area (Å²) < 4.78 is 5.32. The maximum atomic E-state index is 13.4. The van der Waals surface area contributed by atoms with Crippen molar-refractivity contribution in [3.63, 3.8) is 0 Å². The zero-order chi connectivity index (χ0) is 21.5. The molecule has 2 aromatic carbocycles. The molecule has 0 atom stereocenters. The molecule has 2 aromatic rings. The van der Waals surface area contributed by atoms with Gasteiger partial charge in [-0.1, -0.05) is 60.7 Å². The van der Waals surface area contributed by atoms with Crippen molar-refractivity contribution in [2.24, 2.45) is 0 Å². The molecule has 2 aliphatic heterocycles. The summed E-state index contributed by atoms with van der Waals surface area (Å²) >= 11 is 0. The highest BCUT2D eigenvalue weighted by molar-refractivity contribution is 6.24. The minimum Gasteiger partial charge on any atom is -0.378 e. The predicted molar refractivity (Wildman–Crippen MR) is 121 cm³/mol. The van der Waals surface area contributed by atoms with E-state index in [-0.39, 0.29) is 11.8 Å². The lowest BCUT2D eigenvalue weighted by Crippen LogP contribution is -2.52. The molecule has 0 unspecified atom stereocenters. The van der Waals surface area contributed by atoms with Gasteiger partial charge in [0.2, 0.25) is 5.91 Å². The van der Waals surface area contributed by atoms with Crippen LogP contribution in [0.4, 0.5) is 0 Å². The molecule has 2 fully saturated rings. The third-order valence-electron chi connectivity index (χ3n) is 5.81. The Morgan fingerprint density at radius 1 is 0.774 bits per heavy atom. The van der Waals surface area contributed by atoms with Gasteiger partial charge in [0.15, 0.2) is 0 Å². The summed E-state index contributed by atoms with van der Waals surface area (Å²) in [7, 11) is 0. The highest BCUT2D eigenvalue weighted by Gasteiger charge is 2.26. The van der Waals surface area contributed by atoms with Crippen molar-refractivity contribution in [2.75, 3.05) is 59.0 Å². The maximum absolute atomic E-state index is 13.4. The van der Waals surface area contributed by atoms with E-state index in [9.17, 15) is 9.59 Å². The third-order valence-corrected chi connectivity index (χ3v) is 5.81. The van der Waals surface area contributed by atoms with E-state index in [1.54, 1.807) is 0 Å². The standard InChI is InChI=1S/C25H29N3O3/c29-24(27-15-17-31-18-16-27)20-26-11-13-28(14-12-26)25(30)23(22-9-5-2-6-10-22)19-21-7-3-1-4-8-21/h1-10,19H,11-18,20H2. The fourth-order valence-corrected chi connectivity index (χ4v) is 3.99. The Morgan fingerprint density at radius 2 is 1.39 bits per heavy atom. The molecule has 31 heavy (non-hydrogen) atoms. The number of piperazine rings is 1. The van der Waals surface area contributed by atoms with Crippen molar-refractivity contribution in [1.29, 1.82) is 0 Å². The molecule has 0 saturated carbocycles. The van der Waals surface area contributed by atoms with Crippen LogP contribution in [-0.2, 0) is 14.3 Å². The van der Waals surface area contributed by atoms with E-state index < -0.39 is 0 Å². The summed E-state index contributed by atoms with van der Waals surface area (Å²) in [5, 5.41) is 0. The number of carbonyl (C=O) groups is 2. The maximum Gasteiger partial charge on any atom is 0.254 e. The average Bonchev–Trinajstić information content (AvgIpc) is 2.84. The largest absolute Gasteiger partial charge is 0.378 e. The third kappa shape index (κ3) is 5.60. The molecule has 0 spiro atoms.